The van der Waals surface area contributed by atoms with Gasteiger partial charge in [0, 0.05) is 25.9 Å². The zero-order chi connectivity index (χ0) is 14.0. The molecule has 1 aliphatic rings. The summed E-state index contributed by atoms with van der Waals surface area (Å²) in [5, 5.41) is 0. The molecule has 0 radical (unpaired) electrons. The summed E-state index contributed by atoms with van der Waals surface area (Å²) in [5.41, 5.74) is 5.47. The number of morpholine rings is 1. The molecule has 1 fully saturated rings. The van der Waals surface area contributed by atoms with Gasteiger partial charge in [-0.3, -0.25) is 0 Å². The Labute approximate surface area is 108 Å². The summed E-state index contributed by atoms with van der Waals surface area (Å²) in [5.74, 6) is -0.760. The molecule has 108 valence electrons. The van der Waals surface area contributed by atoms with Crippen molar-refractivity contribution < 1.29 is 21.6 Å². The van der Waals surface area contributed by atoms with E-state index >= 15 is 0 Å². The van der Waals surface area contributed by atoms with Crippen molar-refractivity contribution in [2.75, 3.05) is 37.4 Å². The number of rotatable bonds is 5. The Morgan fingerprint density at radius 1 is 1.22 bits per heavy atom. The minimum Gasteiger partial charge on any atom is -0.371 e. The Kier molecular flexibility index (Phi) is 5.13. The summed E-state index contributed by atoms with van der Waals surface area (Å²) in [6, 6.07) is 0. The van der Waals surface area contributed by atoms with Crippen molar-refractivity contribution >= 4 is 19.9 Å². The molecule has 2 unspecified atom stereocenters. The number of nitrogens with zero attached hydrogens (tertiary/aromatic N) is 1. The number of hydrogen-bond acceptors (Lipinski definition) is 6. The standard InChI is InChI=1S/C9H20N2O5S2/c1-8-6-11(7-9(5-10)16-8)18(14,15)4-3-17(2,12)13/h8-9H,3-7,10H2,1-2H3. The van der Waals surface area contributed by atoms with Crippen molar-refractivity contribution in [1.82, 2.24) is 4.31 Å². The Bertz CT molecular complexity index is 473. The van der Waals surface area contributed by atoms with Crippen molar-refractivity contribution in [2.24, 2.45) is 5.73 Å². The zero-order valence-corrected chi connectivity index (χ0v) is 12.2. The topological polar surface area (TPSA) is 107 Å². The summed E-state index contributed by atoms with van der Waals surface area (Å²) in [6.45, 7) is 2.43. The fraction of sp³-hybridized carbons (Fsp3) is 1.00. The lowest BCUT2D eigenvalue weighted by atomic mass is 10.2. The van der Waals surface area contributed by atoms with E-state index in [4.69, 9.17) is 10.5 Å². The molecule has 0 bridgehead atoms. The summed E-state index contributed by atoms with van der Waals surface area (Å²) >= 11 is 0. The zero-order valence-electron chi connectivity index (χ0n) is 10.6. The molecule has 2 atom stereocenters. The summed E-state index contributed by atoms with van der Waals surface area (Å²) in [4.78, 5) is 0. The number of sulfone groups is 1. The van der Waals surface area contributed by atoms with Crippen LogP contribution in [0, 0.1) is 0 Å². The second kappa shape index (κ2) is 5.83. The number of sulfonamides is 1. The lowest BCUT2D eigenvalue weighted by molar-refractivity contribution is -0.0485. The van der Waals surface area contributed by atoms with Crippen molar-refractivity contribution in [3.63, 3.8) is 0 Å². The molecule has 0 aliphatic carbocycles. The maximum atomic E-state index is 12.0. The van der Waals surface area contributed by atoms with Crippen molar-refractivity contribution in [2.45, 2.75) is 19.1 Å². The van der Waals surface area contributed by atoms with Crippen LogP contribution in [0.25, 0.3) is 0 Å². The fourth-order valence-electron chi connectivity index (χ4n) is 1.75. The molecular formula is C9H20N2O5S2. The van der Waals surface area contributed by atoms with Crippen LogP contribution in [-0.4, -0.2) is 70.7 Å². The third-order valence-corrected chi connectivity index (χ3v) is 5.67. The fourth-order valence-corrected chi connectivity index (χ4v) is 4.89. The van der Waals surface area contributed by atoms with Gasteiger partial charge in [0.2, 0.25) is 10.0 Å². The van der Waals surface area contributed by atoms with Gasteiger partial charge >= 0.3 is 0 Å². The van der Waals surface area contributed by atoms with Crippen LogP contribution in [0.2, 0.25) is 0 Å². The number of ether oxygens (including phenoxy) is 1. The van der Waals surface area contributed by atoms with Crippen LogP contribution in [0.5, 0.6) is 0 Å². The van der Waals surface area contributed by atoms with Crippen LogP contribution in [0.15, 0.2) is 0 Å². The van der Waals surface area contributed by atoms with Gasteiger partial charge in [-0.25, -0.2) is 16.8 Å². The van der Waals surface area contributed by atoms with E-state index in [0.717, 1.165) is 6.26 Å². The average molecular weight is 300 g/mol. The first-order valence-corrected chi connectivity index (χ1v) is 9.32. The lowest BCUT2D eigenvalue weighted by Gasteiger charge is -2.35. The maximum absolute atomic E-state index is 12.0. The Morgan fingerprint density at radius 3 is 2.33 bits per heavy atom. The Morgan fingerprint density at radius 2 is 1.83 bits per heavy atom. The summed E-state index contributed by atoms with van der Waals surface area (Å²) in [6.07, 6.45) is 0.453. The molecule has 9 heteroatoms. The van der Waals surface area contributed by atoms with Crippen molar-refractivity contribution in [3.05, 3.63) is 0 Å². The largest absolute Gasteiger partial charge is 0.371 e. The van der Waals surface area contributed by atoms with Gasteiger partial charge in [-0.05, 0) is 6.92 Å². The molecule has 7 nitrogen and oxygen atoms in total. The molecule has 1 heterocycles. The van der Waals surface area contributed by atoms with Gasteiger partial charge < -0.3 is 10.5 Å². The monoisotopic (exact) mass is 300 g/mol. The lowest BCUT2D eigenvalue weighted by Crippen LogP contribution is -2.52. The molecule has 1 rings (SSSR count). The van der Waals surface area contributed by atoms with E-state index < -0.39 is 25.6 Å². The van der Waals surface area contributed by atoms with E-state index in [1.807, 2.05) is 0 Å². The van der Waals surface area contributed by atoms with Crippen LogP contribution in [0.1, 0.15) is 6.92 Å². The van der Waals surface area contributed by atoms with Gasteiger partial charge in [0.1, 0.15) is 9.84 Å². The Balaban J connectivity index is 2.72. The molecule has 0 aromatic carbocycles. The maximum Gasteiger partial charge on any atom is 0.215 e. The second-order valence-electron chi connectivity index (χ2n) is 4.57. The van der Waals surface area contributed by atoms with Gasteiger partial charge in [-0.1, -0.05) is 0 Å². The molecule has 1 aliphatic heterocycles. The van der Waals surface area contributed by atoms with E-state index in [1.165, 1.54) is 4.31 Å². The van der Waals surface area contributed by atoms with E-state index in [1.54, 1.807) is 6.92 Å². The predicted octanol–water partition coefficient (Wildman–Crippen LogP) is -1.59. The average Bonchev–Trinajstić information content (AvgIpc) is 2.25. The SMILES string of the molecule is CC1CN(S(=O)(=O)CCS(C)(=O)=O)CC(CN)O1. The van der Waals surface area contributed by atoms with Crippen molar-refractivity contribution in [1.29, 1.82) is 0 Å². The smallest absolute Gasteiger partial charge is 0.215 e. The molecule has 2 N–H and O–H groups in total. The number of nitrogens with two attached hydrogens (primary N) is 1. The van der Waals surface area contributed by atoms with Crippen LogP contribution >= 0.6 is 0 Å². The van der Waals surface area contributed by atoms with Crippen LogP contribution in [0.3, 0.4) is 0 Å². The van der Waals surface area contributed by atoms with E-state index in [-0.39, 0.29) is 37.6 Å². The first-order valence-electron chi connectivity index (χ1n) is 5.65. The molecule has 0 amide bonds. The van der Waals surface area contributed by atoms with Crippen molar-refractivity contribution in [3.8, 4) is 0 Å². The highest BCUT2D eigenvalue weighted by Crippen LogP contribution is 2.14. The highest BCUT2D eigenvalue weighted by molar-refractivity contribution is 7.93. The third-order valence-electron chi connectivity index (χ3n) is 2.66. The van der Waals surface area contributed by atoms with Gasteiger partial charge in [-0.15, -0.1) is 0 Å². The van der Waals surface area contributed by atoms with Gasteiger partial charge in [0.05, 0.1) is 23.7 Å². The summed E-state index contributed by atoms with van der Waals surface area (Å²) in [7, 11) is -6.86. The highest BCUT2D eigenvalue weighted by Gasteiger charge is 2.32. The molecule has 0 spiro atoms. The molecule has 1 saturated heterocycles. The van der Waals surface area contributed by atoms with Crippen LogP contribution in [-0.2, 0) is 24.6 Å². The van der Waals surface area contributed by atoms with Crippen LogP contribution in [0.4, 0.5) is 0 Å². The first-order chi connectivity index (χ1) is 8.14. The first kappa shape index (κ1) is 15.8. The molecule has 0 aromatic rings. The molecule has 0 saturated carbocycles. The number of hydrogen-bond donors (Lipinski definition) is 1. The van der Waals surface area contributed by atoms with E-state index in [0.29, 0.717) is 0 Å². The Hall–Kier alpha value is -0.220. The van der Waals surface area contributed by atoms with E-state index in [9.17, 15) is 16.8 Å². The predicted molar refractivity (Wildman–Crippen MR) is 68.5 cm³/mol. The molecule has 0 aromatic heterocycles. The quantitative estimate of drug-likeness (QED) is 0.656. The van der Waals surface area contributed by atoms with Crippen LogP contribution < -0.4 is 5.73 Å². The molecule has 18 heavy (non-hydrogen) atoms. The van der Waals surface area contributed by atoms with Gasteiger partial charge in [0.25, 0.3) is 0 Å². The second-order valence-corrected chi connectivity index (χ2v) is 8.92. The molecular weight excluding hydrogens is 280 g/mol. The van der Waals surface area contributed by atoms with E-state index in [2.05, 4.69) is 0 Å². The minimum atomic E-state index is -3.57. The minimum absolute atomic E-state index is 0.187. The third kappa shape index (κ3) is 4.81. The normalized spacial score (nSPS) is 27.3. The highest BCUT2D eigenvalue weighted by atomic mass is 32.2. The van der Waals surface area contributed by atoms with Gasteiger partial charge in [0.15, 0.2) is 0 Å². The summed E-state index contributed by atoms with van der Waals surface area (Å²) < 4.78 is 52.8. The van der Waals surface area contributed by atoms with Gasteiger partial charge in [-0.2, -0.15) is 4.31 Å².